The van der Waals surface area contributed by atoms with Crippen LogP contribution in [0.3, 0.4) is 0 Å². The van der Waals surface area contributed by atoms with Crippen molar-refractivity contribution in [2.24, 2.45) is 5.16 Å². The van der Waals surface area contributed by atoms with E-state index in [0.29, 0.717) is 11.1 Å². The highest BCUT2D eigenvalue weighted by molar-refractivity contribution is 8.00. The second-order valence-corrected chi connectivity index (χ2v) is 9.46. The normalized spacial score (nSPS) is 19.8. The van der Waals surface area contributed by atoms with Gasteiger partial charge < -0.3 is 21.0 Å². The first-order valence-electron chi connectivity index (χ1n) is 10.2. The molecule has 2 unspecified atom stereocenters. The quantitative estimate of drug-likeness (QED) is 0.108. The SMILES string of the molecule is CO/N=C(\C(=O)NC1C(=O)N2C(C(=O)O)=C(C[n+]3cc4cc(=O)[nH]n4cn3)CSC12)c1nsc(N)n1. The monoisotopic (exact) mass is 533 g/mol. The second-order valence-electron chi connectivity index (χ2n) is 7.57. The summed E-state index contributed by atoms with van der Waals surface area (Å²) in [5, 5.41) is 22.3. The molecule has 5 N–H and O–H groups in total. The second kappa shape index (κ2) is 9.04. The van der Waals surface area contributed by atoms with Gasteiger partial charge in [-0.2, -0.15) is 9.36 Å². The Morgan fingerprint density at radius 1 is 1.44 bits per heavy atom. The first-order chi connectivity index (χ1) is 17.3. The van der Waals surface area contributed by atoms with Crippen LogP contribution >= 0.6 is 23.3 Å². The number of carbonyl (C=O) groups is 3. The predicted molar refractivity (Wildman–Crippen MR) is 124 cm³/mol. The molecule has 5 heterocycles. The van der Waals surface area contributed by atoms with Gasteiger partial charge in [-0.15, -0.1) is 11.8 Å². The molecular formula is C18H17N10O6S2+. The molecule has 0 saturated carbocycles. The van der Waals surface area contributed by atoms with Gasteiger partial charge in [-0.1, -0.05) is 9.84 Å². The number of amides is 2. The van der Waals surface area contributed by atoms with Gasteiger partial charge >= 0.3 is 5.97 Å². The van der Waals surface area contributed by atoms with Gasteiger partial charge in [-0.3, -0.25) is 24.4 Å². The number of nitrogens with two attached hydrogens (primary N) is 1. The van der Waals surface area contributed by atoms with Crippen molar-refractivity contribution in [3.8, 4) is 0 Å². The highest BCUT2D eigenvalue weighted by Gasteiger charge is 2.55. The number of anilines is 1. The summed E-state index contributed by atoms with van der Waals surface area (Å²) in [5.41, 5.74) is 5.82. The van der Waals surface area contributed by atoms with Crippen molar-refractivity contribution in [3.63, 3.8) is 0 Å². The van der Waals surface area contributed by atoms with E-state index in [1.165, 1.54) is 40.5 Å². The van der Waals surface area contributed by atoms with E-state index in [1.54, 1.807) is 6.20 Å². The Morgan fingerprint density at radius 3 is 2.94 bits per heavy atom. The molecule has 1 saturated heterocycles. The van der Waals surface area contributed by atoms with E-state index in [-0.39, 0.29) is 40.2 Å². The van der Waals surface area contributed by atoms with E-state index < -0.39 is 29.2 Å². The number of nitrogens with one attached hydrogen (secondary N) is 2. The number of carboxylic acids is 1. The molecule has 2 amide bonds. The standard InChI is InChI=1S/C18H16N10O6S2/c1-34-24-10(13-22-18(19)36-25-13)14(30)21-11-15(31)28-12(17(32)33)7(5-35-16(11)28)3-26-4-8-2-9(29)23-27(8)6-20-26/h2,4,6,11,16H,3,5H2,1H3,(H4-,19,21,22,23,25,29,30,32,33)/p+1/b24-10-. The number of rotatable bonds is 7. The van der Waals surface area contributed by atoms with Crippen LogP contribution in [0, 0.1) is 0 Å². The summed E-state index contributed by atoms with van der Waals surface area (Å²) >= 11 is 2.16. The van der Waals surface area contributed by atoms with Gasteiger partial charge in [0.15, 0.2) is 18.0 Å². The maximum Gasteiger partial charge on any atom is 0.352 e. The number of aliphatic carboxylic acids is 1. The first kappa shape index (κ1) is 23.4. The minimum atomic E-state index is -1.28. The van der Waals surface area contributed by atoms with Crippen molar-refractivity contribution in [1.82, 2.24) is 34.3 Å². The molecule has 0 radical (unpaired) electrons. The highest BCUT2D eigenvalue weighted by Crippen LogP contribution is 2.40. The number of nitrogens with zero attached hydrogens (tertiary/aromatic N) is 7. The number of oxime groups is 1. The van der Waals surface area contributed by atoms with Gasteiger partial charge in [0.05, 0.1) is 0 Å². The van der Waals surface area contributed by atoms with Crippen LogP contribution in [0.5, 0.6) is 0 Å². The van der Waals surface area contributed by atoms with Crippen LogP contribution in [0.25, 0.3) is 5.52 Å². The van der Waals surface area contributed by atoms with Crippen molar-refractivity contribution >= 4 is 57.4 Å². The molecule has 0 spiro atoms. The van der Waals surface area contributed by atoms with E-state index in [9.17, 15) is 24.3 Å². The van der Waals surface area contributed by atoms with Crippen molar-refractivity contribution in [2.75, 3.05) is 18.6 Å². The molecule has 2 atom stereocenters. The average Bonchev–Trinajstić information content (AvgIpc) is 3.44. The Kier molecular flexibility index (Phi) is 5.88. The number of fused-ring (bicyclic) bond motifs is 2. The van der Waals surface area contributed by atoms with Gasteiger partial charge in [-0.05, 0) is 0 Å². The molecule has 3 aromatic rings. The number of carbonyl (C=O) groups excluding carboxylic acids is 2. The fourth-order valence-electron chi connectivity index (χ4n) is 3.82. The molecule has 16 nitrogen and oxygen atoms in total. The van der Waals surface area contributed by atoms with Gasteiger partial charge in [-0.25, -0.2) is 9.31 Å². The number of β-lactam (4-membered cyclic amide) rings is 1. The van der Waals surface area contributed by atoms with Crippen molar-refractivity contribution in [2.45, 2.75) is 18.0 Å². The van der Waals surface area contributed by atoms with Gasteiger partial charge in [0.2, 0.25) is 17.7 Å². The Labute approximate surface area is 208 Å². The lowest BCUT2D eigenvalue weighted by Gasteiger charge is -2.49. The smallest absolute Gasteiger partial charge is 0.352 e. The maximum absolute atomic E-state index is 13.0. The topological polar surface area (TPSA) is 214 Å². The molecule has 2 aliphatic rings. The zero-order valence-electron chi connectivity index (χ0n) is 18.3. The Hall–Kier alpha value is -4.32. The zero-order chi connectivity index (χ0) is 25.6. The number of thioether (sulfide) groups is 1. The highest BCUT2D eigenvalue weighted by atomic mass is 32.2. The Bertz CT molecular complexity index is 1520. The summed E-state index contributed by atoms with van der Waals surface area (Å²) in [6, 6.07) is 0.379. The molecule has 186 valence electrons. The number of hydrogen-bond donors (Lipinski definition) is 4. The molecule has 2 aliphatic heterocycles. The fraction of sp³-hybridized carbons (Fsp3) is 0.278. The first-order valence-corrected chi connectivity index (χ1v) is 12.0. The van der Waals surface area contributed by atoms with Crippen LogP contribution in [-0.2, 0) is 25.8 Å². The zero-order valence-corrected chi connectivity index (χ0v) is 19.9. The van der Waals surface area contributed by atoms with Gasteiger partial charge in [0.25, 0.3) is 17.4 Å². The summed E-state index contributed by atoms with van der Waals surface area (Å²) in [6.07, 6.45) is 2.97. The lowest BCUT2D eigenvalue weighted by molar-refractivity contribution is -0.746. The summed E-state index contributed by atoms with van der Waals surface area (Å²) in [5.74, 6) is -2.43. The molecule has 0 aromatic carbocycles. The van der Waals surface area contributed by atoms with Crippen LogP contribution in [0.4, 0.5) is 5.13 Å². The Balaban J connectivity index is 1.36. The van der Waals surface area contributed by atoms with Crippen molar-refractivity contribution < 1.29 is 29.0 Å². The molecule has 5 rings (SSSR count). The van der Waals surface area contributed by atoms with Crippen molar-refractivity contribution in [3.05, 3.63) is 46.0 Å². The molecule has 18 heteroatoms. The number of aromatic amines is 1. The summed E-state index contributed by atoms with van der Waals surface area (Å²) in [4.78, 5) is 59.2. The summed E-state index contributed by atoms with van der Waals surface area (Å²) < 4.78 is 6.84. The number of nitrogen functional groups attached to an aromatic ring is 1. The van der Waals surface area contributed by atoms with E-state index in [1.807, 2.05) is 0 Å². The third-order valence-corrected chi connectivity index (χ3v) is 7.21. The molecule has 1 fully saturated rings. The van der Waals surface area contributed by atoms with Crippen LogP contribution in [-0.4, -0.2) is 81.9 Å². The number of hydrogen-bond acceptors (Lipinski definition) is 12. The lowest BCUT2D eigenvalue weighted by atomic mass is 10.0. The third kappa shape index (κ3) is 4.05. The van der Waals surface area contributed by atoms with Crippen LogP contribution < -0.4 is 21.3 Å². The minimum absolute atomic E-state index is 0.0589. The van der Waals surface area contributed by atoms with Crippen LogP contribution in [0.1, 0.15) is 5.82 Å². The van der Waals surface area contributed by atoms with E-state index in [4.69, 9.17) is 10.6 Å². The lowest BCUT2D eigenvalue weighted by Crippen LogP contribution is -2.71. The minimum Gasteiger partial charge on any atom is -0.477 e. The van der Waals surface area contributed by atoms with Gasteiger partial charge in [0, 0.05) is 34.0 Å². The summed E-state index contributed by atoms with van der Waals surface area (Å²) in [7, 11) is 1.24. The Morgan fingerprint density at radius 2 is 2.25 bits per heavy atom. The average molecular weight is 534 g/mol. The molecular weight excluding hydrogens is 516 g/mol. The van der Waals surface area contributed by atoms with Crippen LogP contribution in [0.2, 0.25) is 0 Å². The molecule has 0 bridgehead atoms. The third-order valence-electron chi connectivity index (χ3n) is 5.32. The molecule has 0 aliphatic carbocycles. The van der Waals surface area contributed by atoms with Crippen molar-refractivity contribution in [1.29, 1.82) is 0 Å². The summed E-state index contributed by atoms with van der Waals surface area (Å²) in [6.45, 7) is 0.0829. The van der Waals surface area contributed by atoms with E-state index in [0.717, 1.165) is 16.4 Å². The van der Waals surface area contributed by atoms with E-state index in [2.05, 4.69) is 30.0 Å². The predicted octanol–water partition coefficient (Wildman–Crippen LogP) is -2.47. The molecule has 3 aromatic heterocycles. The fourth-order valence-corrected chi connectivity index (χ4v) is 5.59. The van der Waals surface area contributed by atoms with Crippen LogP contribution in [0.15, 0.2) is 39.8 Å². The maximum atomic E-state index is 13.0. The largest absolute Gasteiger partial charge is 0.477 e. The van der Waals surface area contributed by atoms with Gasteiger partial charge in [0.1, 0.15) is 29.7 Å². The molecule has 36 heavy (non-hydrogen) atoms. The number of H-pyrrole nitrogens is 1. The number of aromatic nitrogens is 6. The number of carboxylic acid groups (broad SMARTS) is 1. The van der Waals surface area contributed by atoms with E-state index >= 15 is 0 Å².